The smallest absolute Gasteiger partial charge is 0.257 e. The quantitative estimate of drug-likeness (QED) is 0.793. The first-order chi connectivity index (χ1) is 9.34. The Bertz CT molecular complexity index is 452. The van der Waals surface area contributed by atoms with Crippen LogP contribution in [-0.4, -0.2) is 19.1 Å². The van der Waals surface area contributed by atoms with Gasteiger partial charge in [0.15, 0.2) is 6.61 Å². The highest BCUT2D eigenvalue weighted by molar-refractivity contribution is 9.10. The van der Waals surface area contributed by atoms with E-state index in [-0.39, 0.29) is 17.9 Å². The van der Waals surface area contributed by atoms with Crippen molar-refractivity contribution >= 4 is 21.8 Å². The van der Waals surface area contributed by atoms with E-state index < -0.39 is 0 Å². The predicted octanol–water partition coefficient (Wildman–Crippen LogP) is 4.04. The number of rotatable bonds is 6. The van der Waals surface area contributed by atoms with E-state index >= 15 is 0 Å². The van der Waals surface area contributed by atoms with Gasteiger partial charge >= 0.3 is 0 Å². The lowest BCUT2D eigenvalue weighted by Gasteiger charge is -2.23. The minimum absolute atomic E-state index is 0.0300. The van der Waals surface area contributed by atoms with E-state index in [1.54, 1.807) is 0 Å². The molecule has 0 aliphatic rings. The fourth-order valence-electron chi connectivity index (χ4n) is 1.81. The molecule has 0 spiro atoms. The summed E-state index contributed by atoms with van der Waals surface area (Å²) in [4.78, 5) is 11.7. The van der Waals surface area contributed by atoms with Crippen molar-refractivity contribution in [2.75, 3.05) is 13.2 Å². The average molecular weight is 342 g/mol. The monoisotopic (exact) mass is 341 g/mol. The van der Waals surface area contributed by atoms with Gasteiger partial charge in [-0.05, 0) is 30.0 Å². The number of unbranched alkanes of at least 4 members (excludes halogenated alkanes) is 1. The van der Waals surface area contributed by atoms with Crippen LogP contribution < -0.4 is 10.1 Å². The van der Waals surface area contributed by atoms with E-state index in [9.17, 15) is 4.79 Å². The predicted molar refractivity (Wildman–Crippen MR) is 86.3 cm³/mol. The highest BCUT2D eigenvalue weighted by Gasteiger charge is 2.19. The van der Waals surface area contributed by atoms with Crippen LogP contribution in [0.4, 0.5) is 0 Å². The molecule has 1 aromatic carbocycles. The zero-order chi connectivity index (χ0) is 15.2. The van der Waals surface area contributed by atoms with Crippen LogP contribution in [0.2, 0.25) is 0 Å². The number of ether oxygens (including phenoxy) is 1. The van der Waals surface area contributed by atoms with Crippen LogP contribution in [0, 0.1) is 0 Å². The molecule has 0 bridgehead atoms. The van der Waals surface area contributed by atoms with E-state index in [1.807, 2.05) is 18.2 Å². The Kier molecular flexibility index (Phi) is 6.53. The molecule has 0 radical (unpaired) electrons. The van der Waals surface area contributed by atoms with Gasteiger partial charge in [0.05, 0.1) is 0 Å². The molecule has 0 saturated heterocycles. The molecular formula is C16H24BrNO2. The van der Waals surface area contributed by atoms with Crippen molar-refractivity contribution in [3.05, 3.63) is 28.2 Å². The van der Waals surface area contributed by atoms with Crippen LogP contribution in [0.25, 0.3) is 0 Å². The fourth-order valence-corrected chi connectivity index (χ4v) is 2.17. The van der Waals surface area contributed by atoms with Gasteiger partial charge in [-0.3, -0.25) is 4.79 Å². The van der Waals surface area contributed by atoms with Crippen LogP contribution in [0.5, 0.6) is 5.75 Å². The van der Waals surface area contributed by atoms with Gasteiger partial charge in [0.2, 0.25) is 0 Å². The summed E-state index contributed by atoms with van der Waals surface area (Å²) in [6.07, 6.45) is 2.07. The first-order valence-electron chi connectivity index (χ1n) is 7.04. The Hall–Kier alpha value is -1.03. The molecule has 0 atom stereocenters. The summed E-state index contributed by atoms with van der Waals surface area (Å²) in [6, 6.07) is 5.88. The average Bonchev–Trinajstić information content (AvgIpc) is 2.36. The Morgan fingerprint density at radius 1 is 1.35 bits per heavy atom. The number of benzene rings is 1. The van der Waals surface area contributed by atoms with E-state index in [0.717, 1.165) is 28.6 Å². The van der Waals surface area contributed by atoms with Gasteiger partial charge in [-0.2, -0.15) is 0 Å². The minimum Gasteiger partial charge on any atom is -0.483 e. The van der Waals surface area contributed by atoms with Crippen molar-refractivity contribution in [1.82, 2.24) is 5.32 Å². The van der Waals surface area contributed by atoms with Crippen molar-refractivity contribution in [2.24, 2.45) is 0 Å². The summed E-state index contributed by atoms with van der Waals surface area (Å²) < 4.78 is 6.69. The Morgan fingerprint density at radius 3 is 2.65 bits per heavy atom. The highest BCUT2D eigenvalue weighted by Crippen LogP contribution is 2.33. The van der Waals surface area contributed by atoms with E-state index in [2.05, 4.69) is 48.9 Å². The fraction of sp³-hybridized carbons (Fsp3) is 0.562. The first-order valence-corrected chi connectivity index (χ1v) is 7.83. The molecule has 0 aliphatic heterocycles. The van der Waals surface area contributed by atoms with Crippen LogP contribution >= 0.6 is 15.9 Å². The number of nitrogens with one attached hydrogen (secondary N) is 1. The maximum absolute atomic E-state index is 11.7. The van der Waals surface area contributed by atoms with Crippen LogP contribution in [0.15, 0.2) is 22.7 Å². The third-order valence-electron chi connectivity index (χ3n) is 2.96. The number of hydrogen-bond donors (Lipinski definition) is 1. The Balaban J connectivity index is 2.66. The molecule has 112 valence electrons. The minimum atomic E-state index is -0.0683. The van der Waals surface area contributed by atoms with Gasteiger partial charge in [-0.15, -0.1) is 0 Å². The zero-order valence-electron chi connectivity index (χ0n) is 12.8. The Morgan fingerprint density at radius 2 is 2.05 bits per heavy atom. The van der Waals surface area contributed by atoms with Gasteiger partial charge < -0.3 is 10.1 Å². The normalized spacial score (nSPS) is 11.2. The molecular weight excluding hydrogens is 318 g/mol. The third-order valence-corrected chi connectivity index (χ3v) is 3.45. The third kappa shape index (κ3) is 5.53. The molecule has 1 rings (SSSR count). The van der Waals surface area contributed by atoms with Gasteiger partial charge in [0, 0.05) is 16.6 Å². The van der Waals surface area contributed by atoms with Crippen LogP contribution in [-0.2, 0) is 10.2 Å². The topological polar surface area (TPSA) is 38.3 Å². The second kappa shape index (κ2) is 7.67. The molecule has 0 heterocycles. The van der Waals surface area contributed by atoms with E-state index in [0.29, 0.717) is 6.54 Å². The largest absolute Gasteiger partial charge is 0.483 e. The molecule has 1 aromatic rings. The molecule has 0 fully saturated rings. The summed E-state index contributed by atoms with van der Waals surface area (Å²) in [5, 5.41) is 2.85. The molecule has 0 saturated carbocycles. The van der Waals surface area contributed by atoms with Crippen molar-refractivity contribution < 1.29 is 9.53 Å². The zero-order valence-corrected chi connectivity index (χ0v) is 14.3. The van der Waals surface area contributed by atoms with E-state index in [4.69, 9.17) is 4.74 Å². The molecule has 1 amide bonds. The highest BCUT2D eigenvalue weighted by atomic mass is 79.9. The van der Waals surface area contributed by atoms with Gasteiger partial charge in [-0.25, -0.2) is 0 Å². The number of halogens is 1. The second-order valence-electron chi connectivity index (χ2n) is 5.88. The standard InChI is InChI=1S/C16H24BrNO2/c1-5-6-9-18-15(19)11-20-14-8-7-12(17)10-13(14)16(2,3)4/h7-8,10H,5-6,9,11H2,1-4H3,(H,18,19). The lowest BCUT2D eigenvalue weighted by atomic mass is 9.86. The summed E-state index contributed by atoms with van der Waals surface area (Å²) in [5.41, 5.74) is 1.06. The number of carbonyl (C=O) groups excluding carboxylic acids is 1. The van der Waals surface area contributed by atoms with Crippen molar-refractivity contribution in [3.63, 3.8) is 0 Å². The van der Waals surface area contributed by atoms with Crippen molar-refractivity contribution in [3.8, 4) is 5.75 Å². The summed E-state index contributed by atoms with van der Waals surface area (Å²) in [6.45, 7) is 9.26. The second-order valence-corrected chi connectivity index (χ2v) is 6.80. The van der Waals surface area contributed by atoms with Gasteiger partial charge in [0.1, 0.15) is 5.75 Å². The summed E-state index contributed by atoms with van der Waals surface area (Å²) in [7, 11) is 0. The number of amides is 1. The maximum atomic E-state index is 11.7. The molecule has 20 heavy (non-hydrogen) atoms. The molecule has 0 aromatic heterocycles. The molecule has 0 unspecified atom stereocenters. The lowest BCUT2D eigenvalue weighted by Crippen LogP contribution is -2.30. The summed E-state index contributed by atoms with van der Waals surface area (Å²) >= 11 is 3.48. The Labute approximate surface area is 130 Å². The SMILES string of the molecule is CCCCNC(=O)COc1ccc(Br)cc1C(C)(C)C. The number of carbonyl (C=O) groups is 1. The molecule has 4 heteroatoms. The first kappa shape index (κ1) is 17.0. The van der Waals surface area contributed by atoms with Crippen molar-refractivity contribution in [1.29, 1.82) is 0 Å². The molecule has 1 N–H and O–H groups in total. The van der Waals surface area contributed by atoms with Gasteiger partial charge in [-0.1, -0.05) is 50.0 Å². The maximum Gasteiger partial charge on any atom is 0.257 e. The van der Waals surface area contributed by atoms with Crippen LogP contribution in [0.3, 0.4) is 0 Å². The van der Waals surface area contributed by atoms with Crippen LogP contribution in [0.1, 0.15) is 46.1 Å². The van der Waals surface area contributed by atoms with Gasteiger partial charge in [0.25, 0.3) is 5.91 Å². The van der Waals surface area contributed by atoms with E-state index in [1.165, 1.54) is 0 Å². The summed E-state index contributed by atoms with van der Waals surface area (Å²) in [5.74, 6) is 0.701. The molecule has 3 nitrogen and oxygen atoms in total. The lowest BCUT2D eigenvalue weighted by molar-refractivity contribution is -0.123. The van der Waals surface area contributed by atoms with Crippen molar-refractivity contribution in [2.45, 2.75) is 46.0 Å². The molecule has 0 aliphatic carbocycles. The number of hydrogen-bond acceptors (Lipinski definition) is 2.